The minimum atomic E-state index is -0.178. The van der Waals surface area contributed by atoms with E-state index < -0.39 is 0 Å². The van der Waals surface area contributed by atoms with Crippen molar-refractivity contribution in [1.29, 1.82) is 0 Å². The highest BCUT2D eigenvalue weighted by Gasteiger charge is 2.59. The lowest BCUT2D eigenvalue weighted by Gasteiger charge is -2.59. The molecule has 4 aliphatic carbocycles. The lowest BCUT2D eigenvalue weighted by molar-refractivity contribution is -0.0635. The fourth-order valence-electron chi connectivity index (χ4n) is 9.59. The third kappa shape index (κ3) is 4.71. The number of fused-ring (bicyclic) bond motifs is 5. The molecule has 0 saturated heterocycles. The van der Waals surface area contributed by atoms with E-state index in [0.29, 0.717) is 16.4 Å². The summed E-state index contributed by atoms with van der Waals surface area (Å²) in [6.45, 7) is 12.6. The van der Waals surface area contributed by atoms with Gasteiger partial charge in [0.05, 0.1) is 5.56 Å². The van der Waals surface area contributed by atoms with Crippen molar-refractivity contribution in [3.05, 3.63) is 47.5 Å². The second-order valence-electron chi connectivity index (χ2n) is 13.9. The van der Waals surface area contributed by atoms with E-state index in [9.17, 15) is 4.79 Å². The van der Waals surface area contributed by atoms with Crippen molar-refractivity contribution in [3.63, 3.8) is 0 Å². The van der Waals surface area contributed by atoms with Crippen LogP contribution < -0.4 is 0 Å². The van der Waals surface area contributed by atoms with Gasteiger partial charge in [0.15, 0.2) is 0 Å². The number of esters is 1. The van der Waals surface area contributed by atoms with Gasteiger partial charge in [-0.3, -0.25) is 0 Å². The van der Waals surface area contributed by atoms with Crippen molar-refractivity contribution < 1.29 is 9.53 Å². The molecule has 0 unspecified atom stereocenters. The first kappa shape index (κ1) is 26.1. The maximum Gasteiger partial charge on any atom is 0.338 e. The first-order chi connectivity index (χ1) is 17.2. The van der Waals surface area contributed by atoms with E-state index in [1.54, 1.807) is 5.57 Å². The number of hydrogen-bond donors (Lipinski definition) is 0. The van der Waals surface area contributed by atoms with E-state index in [1.807, 2.05) is 30.3 Å². The lowest BCUT2D eigenvalue weighted by atomic mass is 9.46. The Morgan fingerprint density at radius 1 is 0.944 bits per heavy atom. The quantitative estimate of drug-likeness (QED) is 0.281. The SMILES string of the molecule is CC(C)CCC[C@@H](C)[C@H]1CC[C@H]2[C@@H]3CCC4=C[C@H](OC(=O)c5ccccc5)CC[C@]4(C)[C@H]3CC[C@]12C. The summed E-state index contributed by atoms with van der Waals surface area (Å²) in [5.74, 6) is 5.08. The summed E-state index contributed by atoms with van der Waals surface area (Å²) < 4.78 is 5.96. The van der Waals surface area contributed by atoms with Crippen molar-refractivity contribution in [1.82, 2.24) is 0 Å². The summed E-state index contributed by atoms with van der Waals surface area (Å²) in [6, 6.07) is 9.47. The molecule has 0 aliphatic heterocycles. The van der Waals surface area contributed by atoms with Crippen LogP contribution in [-0.2, 0) is 4.74 Å². The Morgan fingerprint density at radius 3 is 2.47 bits per heavy atom. The van der Waals surface area contributed by atoms with E-state index >= 15 is 0 Å². The first-order valence-electron chi connectivity index (χ1n) is 15.2. The molecule has 1 aromatic carbocycles. The Kier molecular flexibility index (Phi) is 7.45. The number of benzene rings is 1. The van der Waals surface area contributed by atoms with Crippen LogP contribution in [-0.4, -0.2) is 12.1 Å². The van der Waals surface area contributed by atoms with Crippen LogP contribution in [0.25, 0.3) is 0 Å². The molecule has 3 fully saturated rings. The topological polar surface area (TPSA) is 26.3 Å². The molecule has 36 heavy (non-hydrogen) atoms. The van der Waals surface area contributed by atoms with Gasteiger partial charge in [0, 0.05) is 0 Å². The predicted octanol–water partition coefficient (Wildman–Crippen LogP) is 9.25. The van der Waals surface area contributed by atoms with Crippen molar-refractivity contribution in [2.45, 2.75) is 111 Å². The molecule has 1 aromatic rings. The second kappa shape index (κ2) is 10.3. The number of ether oxygens (including phenoxy) is 1. The predicted molar refractivity (Wildman–Crippen MR) is 149 cm³/mol. The van der Waals surface area contributed by atoms with E-state index in [4.69, 9.17) is 4.74 Å². The zero-order valence-electron chi connectivity index (χ0n) is 23.6. The molecule has 2 nitrogen and oxygen atoms in total. The van der Waals surface area contributed by atoms with E-state index in [1.165, 1.54) is 64.2 Å². The highest BCUT2D eigenvalue weighted by atomic mass is 16.5. The summed E-state index contributed by atoms with van der Waals surface area (Å²) in [4.78, 5) is 12.7. The van der Waals surface area contributed by atoms with Crippen LogP contribution in [0.15, 0.2) is 42.0 Å². The van der Waals surface area contributed by atoms with Crippen LogP contribution in [0.2, 0.25) is 0 Å². The summed E-state index contributed by atoms with van der Waals surface area (Å²) in [5, 5.41) is 0. The van der Waals surface area contributed by atoms with E-state index in [2.05, 4.69) is 40.7 Å². The fraction of sp³-hybridized carbons (Fsp3) is 0.735. The third-order valence-corrected chi connectivity index (χ3v) is 11.5. The van der Waals surface area contributed by atoms with Gasteiger partial charge in [0.2, 0.25) is 0 Å². The van der Waals surface area contributed by atoms with Crippen molar-refractivity contribution in [2.24, 2.45) is 46.3 Å². The highest BCUT2D eigenvalue weighted by Crippen LogP contribution is 2.67. The monoisotopic (exact) mass is 490 g/mol. The maximum atomic E-state index is 12.7. The molecule has 0 amide bonds. The minimum absolute atomic E-state index is 0.0614. The van der Waals surface area contributed by atoms with Crippen LogP contribution >= 0.6 is 0 Å². The molecular weight excluding hydrogens is 440 g/mol. The van der Waals surface area contributed by atoms with Crippen LogP contribution in [0, 0.1) is 46.3 Å². The average molecular weight is 491 g/mol. The largest absolute Gasteiger partial charge is 0.455 e. The summed E-state index contributed by atoms with van der Waals surface area (Å²) >= 11 is 0. The summed E-state index contributed by atoms with van der Waals surface area (Å²) in [7, 11) is 0. The van der Waals surface area contributed by atoms with Crippen LogP contribution in [0.3, 0.4) is 0 Å². The smallest absolute Gasteiger partial charge is 0.338 e. The summed E-state index contributed by atoms with van der Waals surface area (Å²) in [5.41, 5.74) is 3.12. The molecule has 0 N–H and O–H groups in total. The Balaban J connectivity index is 1.26. The van der Waals surface area contributed by atoms with Crippen LogP contribution in [0.5, 0.6) is 0 Å². The maximum absolute atomic E-state index is 12.7. The Bertz CT molecular complexity index is 947. The molecule has 0 aromatic heterocycles. The van der Waals surface area contributed by atoms with Gasteiger partial charge in [0.25, 0.3) is 0 Å². The molecule has 8 atom stereocenters. The lowest BCUT2D eigenvalue weighted by Crippen LogP contribution is -2.51. The number of rotatable bonds is 7. The van der Waals surface area contributed by atoms with Crippen molar-refractivity contribution in [3.8, 4) is 0 Å². The van der Waals surface area contributed by atoms with Gasteiger partial charge in [-0.25, -0.2) is 4.79 Å². The van der Waals surface area contributed by atoms with E-state index in [0.717, 1.165) is 41.9 Å². The van der Waals surface area contributed by atoms with E-state index in [-0.39, 0.29) is 12.1 Å². The Labute approximate surface area is 220 Å². The molecule has 5 rings (SSSR count). The molecule has 4 aliphatic rings. The van der Waals surface area contributed by atoms with Gasteiger partial charge >= 0.3 is 5.97 Å². The first-order valence-corrected chi connectivity index (χ1v) is 15.2. The number of carbonyl (C=O) groups is 1. The molecule has 0 spiro atoms. The van der Waals surface area contributed by atoms with Crippen molar-refractivity contribution >= 4 is 5.97 Å². The van der Waals surface area contributed by atoms with Gasteiger partial charge in [0.1, 0.15) is 6.10 Å². The number of carbonyl (C=O) groups excluding carboxylic acids is 1. The van der Waals surface area contributed by atoms with Gasteiger partial charge in [-0.2, -0.15) is 0 Å². The number of hydrogen-bond acceptors (Lipinski definition) is 2. The zero-order chi connectivity index (χ0) is 25.5. The highest BCUT2D eigenvalue weighted by molar-refractivity contribution is 5.89. The van der Waals surface area contributed by atoms with Crippen LogP contribution in [0.1, 0.15) is 116 Å². The summed E-state index contributed by atoms with van der Waals surface area (Å²) in [6.07, 6.45) is 17.0. The van der Waals surface area contributed by atoms with Gasteiger partial charge in [-0.05, 0) is 116 Å². The molecule has 0 heterocycles. The zero-order valence-corrected chi connectivity index (χ0v) is 23.6. The number of allylic oxidation sites excluding steroid dienone is 1. The van der Waals surface area contributed by atoms with Crippen molar-refractivity contribution in [2.75, 3.05) is 0 Å². The standard InChI is InChI=1S/C34H50O2/c1-23(2)10-9-11-24(3)29-16-17-30-28-15-14-26-22-27(36-32(35)25-12-7-6-8-13-25)18-20-33(26,4)31(28)19-21-34(29,30)5/h6-8,12-13,22-24,27-31H,9-11,14-21H2,1-5H3/t24-,27-,28+,29-,30+,31+,33+,34-/m1/s1. The Hall–Kier alpha value is -1.57. The van der Waals surface area contributed by atoms with Crippen LogP contribution in [0.4, 0.5) is 0 Å². The molecule has 0 radical (unpaired) electrons. The second-order valence-corrected chi connectivity index (χ2v) is 13.9. The van der Waals surface area contributed by atoms with Gasteiger partial charge in [-0.15, -0.1) is 0 Å². The molecule has 198 valence electrons. The van der Waals surface area contributed by atoms with Gasteiger partial charge < -0.3 is 4.74 Å². The minimum Gasteiger partial charge on any atom is -0.455 e. The molecule has 2 heteroatoms. The van der Waals surface area contributed by atoms with Gasteiger partial charge in [-0.1, -0.05) is 77.7 Å². The molecular formula is C34H50O2. The Morgan fingerprint density at radius 2 is 1.72 bits per heavy atom. The molecule has 0 bridgehead atoms. The average Bonchev–Trinajstić information content (AvgIpc) is 3.22. The normalized spacial score (nSPS) is 38.5. The molecule has 3 saturated carbocycles. The third-order valence-electron chi connectivity index (χ3n) is 11.5. The fourth-order valence-corrected chi connectivity index (χ4v) is 9.59.